The van der Waals surface area contributed by atoms with Crippen molar-refractivity contribution in [3.05, 3.63) is 79.5 Å². The summed E-state index contributed by atoms with van der Waals surface area (Å²) in [4.78, 5) is 27.8. The summed E-state index contributed by atoms with van der Waals surface area (Å²) in [5, 5.41) is 1.18. The average molecular weight is 287 g/mol. The van der Waals surface area contributed by atoms with E-state index >= 15 is 0 Å². The predicted octanol–water partition coefficient (Wildman–Crippen LogP) is 2.46. The second-order valence-electron chi connectivity index (χ2n) is 4.59. The topological polar surface area (TPSA) is 65.7 Å². The first-order valence-corrected chi connectivity index (χ1v) is 6.49. The summed E-state index contributed by atoms with van der Waals surface area (Å²) in [6, 6.07) is 13.0. The highest BCUT2D eigenvalue weighted by Crippen LogP contribution is 2.15. The average Bonchev–Trinajstić information content (AvgIpc) is 2.42. The number of aromatic nitrogens is 2. The molecule has 0 saturated carbocycles. The van der Waals surface area contributed by atoms with Gasteiger partial charge in [-0.15, -0.1) is 0 Å². The Bertz CT molecular complexity index is 879. The maximum Gasteiger partial charge on any atom is 0.326 e. The summed E-state index contributed by atoms with van der Waals surface area (Å²) >= 11 is 5.85. The molecule has 0 spiro atoms. The largest absolute Gasteiger partial charge is 0.326 e. The highest BCUT2D eigenvalue weighted by atomic mass is 35.5. The van der Waals surface area contributed by atoms with Gasteiger partial charge in [0.1, 0.15) is 0 Å². The van der Waals surface area contributed by atoms with Gasteiger partial charge in [-0.3, -0.25) is 9.78 Å². The van der Waals surface area contributed by atoms with Crippen molar-refractivity contribution in [1.82, 2.24) is 9.97 Å². The molecule has 0 radical (unpaired) electrons. The molecule has 0 atom stereocenters. The molecule has 0 aliphatic heterocycles. The molecule has 3 aromatic rings. The van der Waals surface area contributed by atoms with Crippen LogP contribution in [-0.2, 0) is 6.42 Å². The van der Waals surface area contributed by atoms with Crippen LogP contribution in [0.25, 0.3) is 10.9 Å². The van der Waals surface area contributed by atoms with Gasteiger partial charge in [-0.1, -0.05) is 29.8 Å². The van der Waals surface area contributed by atoms with Gasteiger partial charge in [0.2, 0.25) is 0 Å². The van der Waals surface area contributed by atoms with E-state index in [4.69, 9.17) is 11.6 Å². The summed E-state index contributed by atoms with van der Waals surface area (Å²) in [7, 11) is 0. The van der Waals surface area contributed by atoms with Crippen molar-refractivity contribution in [2.24, 2.45) is 0 Å². The van der Waals surface area contributed by atoms with Crippen LogP contribution in [0.5, 0.6) is 0 Å². The summed E-state index contributed by atoms with van der Waals surface area (Å²) in [6.07, 6.45) is 0.700. The number of hydrogen-bond donors (Lipinski definition) is 2. The van der Waals surface area contributed by atoms with E-state index in [1.165, 1.54) is 0 Å². The van der Waals surface area contributed by atoms with Gasteiger partial charge in [-0.05, 0) is 41.8 Å². The Morgan fingerprint density at radius 3 is 2.35 bits per heavy atom. The van der Waals surface area contributed by atoms with Crippen molar-refractivity contribution in [1.29, 1.82) is 0 Å². The van der Waals surface area contributed by atoms with Crippen LogP contribution in [-0.4, -0.2) is 9.97 Å². The first-order valence-electron chi connectivity index (χ1n) is 6.11. The number of hydrogen-bond acceptors (Lipinski definition) is 2. The van der Waals surface area contributed by atoms with Gasteiger partial charge in [0.05, 0.1) is 10.9 Å². The molecule has 0 fully saturated rings. The second kappa shape index (κ2) is 4.98. The molecule has 0 bridgehead atoms. The number of halogens is 1. The molecule has 0 aliphatic carbocycles. The monoisotopic (exact) mass is 286 g/mol. The van der Waals surface area contributed by atoms with Gasteiger partial charge in [-0.25, -0.2) is 4.79 Å². The molecule has 4 nitrogen and oxygen atoms in total. The number of H-pyrrole nitrogens is 2. The molecule has 0 unspecified atom stereocenters. The quantitative estimate of drug-likeness (QED) is 0.760. The highest BCUT2D eigenvalue weighted by molar-refractivity contribution is 6.30. The summed E-state index contributed by atoms with van der Waals surface area (Å²) in [5.74, 6) is 0. The maximum absolute atomic E-state index is 11.8. The lowest BCUT2D eigenvalue weighted by Crippen LogP contribution is -2.21. The molecule has 1 heterocycles. The van der Waals surface area contributed by atoms with E-state index in [0.717, 1.165) is 11.1 Å². The van der Waals surface area contributed by atoms with Crippen molar-refractivity contribution in [2.75, 3.05) is 0 Å². The molecule has 2 N–H and O–H groups in total. The van der Waals surface area contributed by atoms with E-state index in [1.807, 2.05) is 30.3 Å². The third-order valence-corrected chi connectivity index (χ3v) is 3.38. The maximum atomic E-state index is 11.8. The van der Waals surface area contributed by atoms with Crippen LogP contribution >= 0.6 is 11.6 Å². The van der Waals surface area contributed by atoms with E-state index < -0.39 is 5.69 Å². The van der Waals surface area contributed by atoms with E-state index in [0.29, 0.717) is 22.3 Å². The number of aromatic amines is 2. The molecular formula is C15H11ClN2O2. The van der Waals surface area contributed by atoms with Crippen LogP contribution in [0.1, 0.15) is 11.1 Å². The lowest BCUT2D eigenvalue weighted by Gasteiger charge is -2.04. The minimum Gasteiger partial charge on any atom is -0.307 e. The first kappa shape index (κ1) is 12.7. The standard InChI is InChI=1S/C15H11ClN2O2/c16-11-4-1-9(2-5-11)7-10-3-6-13-12(8-10)14(19)18-15(20)17-13/h1-6,8H,7H2,(H2,17,18,19,20). The molecule has 100 valence electrons. The number of nitrogens with one attached hydrogen (secondary N) is 2. The smallest absolute Gasteiger partial charge is 0.307 e. The molecule has 20 heavy (non-hydrogen) atoms. The van der Waals surface area contributed by atoms with Crippen molar-refractivity contribution < 1.29 is 0 Å². The Labute approximate surface area is 119 Å². The molecule has 0 aliphatic rings. The minimum atomic E-state index is -0.493. The van der Waals surface area contributed by atoms with Gasteiger partial charge < -0.3 is 4.98 Å². The molecule has 3 rings (SSSR count). The Balaban J connectivity index is 2.03. The molecule has 0 amide bonds. The van der Waals surface area contributed by atoms with Gasteiger partial charge >= 0.3 is 5.69 Å². The predicted molar refractivity (Wildman–Crippen MR) is 79.4 cm³/mol. The minimum absolute atomic E-state index is 0.373. The Morgan fingerprint density at radius 2 is 1.60 bits per heavy atom. The van der Waals surface area contributed by atoms with Crippen LogP contribution in [0.4, 0.5) is 0 Å². The van der Waals surface area contributed by atoms with Crippen LogP contribution in [0, 0.1) is 0 Å². The SMILES string of the molecule is O=c1[nH]c(=O)c2cc(Cc3ccc(Cl)cc3)ccc2[nH]1. The van der Waals surface area contributed by atoms with Crippen LogP contribution in [0.3, 0.4) is 0 Å². The second-order valence-corrected chi connectivity index (χ2v) is 5.03. The van der Waals surface area contributed by atoms with Crippen LogP contribution < -0.4 is 11.2 Å². The number of fused-ring (bicyclic) bond motifs is 1. The number of rotatable bonds is 2. The highest BCUT2D eigenvalue weighted by Gasteiger charge is 2.03. The summed E-state index contributed by atoms with van der Waals surface area (Å²) in [5.41, 5.74) is 1.78. The van der Waals surface area contributed by atoms with E-state index in [9.17, 15) is 9.59 Å². The lowest BCUT2D eigenvalue weighted by atomic mass is 10.0. The fourth-order valence-corrected chi connectivity index (χ4v) is 2.29. The fraction of sp³-hybridized carbons (Fsp3) is 0.0667. The van der Waals surface area contributed by atoms with E-state index in [1.54, 1.807) is 12.1 Å². The Kier molecular flexibility index (Phi) is 3.16. The first-order chi connectivity index (χ1) is 9.61. The van der Waals surface area contributed by atoms with Gasteiger partial charge in [-0.2, -0.15) is 0 Å². The van der Waals surface area contributed by atoms with Crippen molar-refractivity contribution in [2.45, 2.75) is 6.42 Å². The Hall–Kier alpha value is -2.33. The normalized spacial score (nSPS) is 10.8. The van der Waals surface area contributed by atoms with Gasteiger partial charge in [0.25, 0.3) is 5.56 Å². The molecule has 2 aromatic carbocycles. The van der Waals surface area contributed by atoms with E-state index in [-0.39, 0.29) is 5.56 Å². The van der Waals surface area contributed by atoms with Crippen molar-refractivity contribution in [3.8, 4) is 0 Å². The molecular weight excluding hydrogens is 276 g/mol. The summed E-state index contributed by atoms with van der Waals surface area (Å²) < 4.78 is 0. The Morgan fingerprint density at radius 1 is 0.900 bits per heavy atom. The van der Waals surface area contributed by atoms with E-state index in [2.05, 4.69) is 9.97 Å². The molecule has 0 saturated heterocycles. The van der Waals surface area contributed by atoms with Crippen LogP contribution in [0.15, 0.2) is 52.1 Å². The van der Waals surface area contributed by atoms with Crippen molar-refractivity contribution in [3.63, 3.8) is 0 Å². The third kappa shape index (κ3) is 2.51. The number of benzene rings is 2. The zero-order valence-electron chi connectivity index (χ0n) is 10.4. The lowest BCUT2D eigenvalue weighted by molar-refractivity contribution is 1.08. The third-order valence-electron chi connectivity index (χ3n) is 3.13. The fourth-order valence-electron chi connectivity index (χ4n) is 2.16. The summed E-state index contributed by atoms with van der Waals surface area (Å²) in [6.45, 7) is 0. The van der Waals surface area contributed by atoms with Crippen LogP contribution in [0.2, 0.25) is 5.02 Å². The van der Waals surface area contributed by atoms with Gasteiger partial charge in [0, 0.05) is 5.02 Å². The van der Waals surface area contributed by atoms with Crippen molar-refractivity contribution >= 4 is 22.5 Å². The zero-order chi connectivity index (χ0) is 14.1. The molecule has 1 aromatic heterocycles. The molecule has 5 heteroatoms. The zero-order valence-corrected chi connectivity index (χ0v) is 11.2. The van der Waals surface area contributed by atoms with Gasteiger partial charge in [0.15, 0.2) is 0 Å².